The maximum atomic E-state index is 5.83. The normalized spacial score (nSPS) is 16.6. The van der Waals surface area contributed by atoms with Gasteiger partial charge in [-0.3, -0.25) is 4.90 Å². The van der Waals surface area contributed by atoms with Crippen molar-refractivity contribution in [2.45, 2.75) is 43.7 Å². The van der Waals surface area contributed by atoms with Gasteiger partial charge in [0, 0.05) is 13.2 Å². The van der Waals surface area contributed by atoms with Gasteiger partial charge in [0.1, 0.15) is 5.82 Å². The molecule has 5 nitrogen and oxygen atoms in total. The van der Waals surface area contributed by atoms with E-state index in [4.69, 9.17) is 4.74 Å². The van der Waals surface area contributed by atoms with Crippen molar-refractivity contribution in [1.82, 2.24) is 19.7 Å². The maximum Gasteiger partial charge on any atom is 0.191 e. The monoisotopic (exact) mass is 408 g/mol. The zero-order chi connectivity index (χ0) is 20.1. The summed E-state index contributed by atoms with van der Waals surface area (Å²) in [6, 6.07) is 19.3. The lowest BCUT2D eigenvalue weighted by molar-refractivity contribution is 0.0934. The van der Waals surface area contributed by atoms with Crippen molar-refractivity contribution in [1.29, 1.82) is 0 Å². The Morgan fingerprint density at radius 1 is 1.03 bits per heavy atom. The second-order valence-electron chi connectivity index (χ2n) is 7.58. The molecule has 0 bridgehead atoms. The molecule has 1 saturated heterocycles. The first kappa shape index (κ1) is 20.1. The van der Waals surface area contributed by atoms with Crippen LogP contribution in [0.4, 0.5) is 0 Å². The molecule has 1 atom stereocenters. The van der Waals surface area contributed by atoms with Gasteiger partial charge < -0.3 is 9.30 Å². The molecule has 1 aliphatic heterocycles. The number of rotatable bonds is 8. The smallest absolute Gasteiger partial charge is 0.191 e. The fraction of sp³-hybridized carbons (Fsp3) is 0.391. The van der Waals surface area contributed by atoms with Crippen LogP contribution < -0.4 is 0 Å². The molecule has 1 aromatic heterocycles. The van der Waals surface area contributed by atoms with E-state index < -0.39 is 0 Å². The molecule has 152 valence electrons. The number of nitrogens with zero attached hydrogens (tertiary/aromatic N) is 4. The van der Waals surface area contributed by atoms with E-state index in [0.717, 1.165) is 50.1 Å². The lowest BCUT2D eigenvalue weighted by Gasteiger charge is -2.19. The molecular weight excluding hydrogens is 380 g/mol. The topological polar surface area (TPSA) is 43.2 Å². The molecule has 0 radical (unpaired) electrons. The van der Waals surface area contributed by atoms with Crippen molar-refractivity contribution in [2.24, 2.45) is 0 Å². The summed E-state index contributed by atoms with van der Waals surface area (Å²) in [4.78, 5) is 2.29. The lowest BCUT2D eigenvalue weighted by atomic mass is 10.0. The fourth-order valence-electron chi connectivity index (χ4n) is 3.80. The summed E-state index contributed by atoms with van der Waals surface area (Å²) in [7, 11) is 2.13. The lowest BCUT2D eigenvalue weighted by Crippen LogP contribution is -2.23. The average Bonchev–Trinajstić information content (AvgIpc) is 3.40. The number of ether oxygens (including phenoxy) is 1. The van der Waals surface area contributed by atoms with Gasteiger partial charge in [-0.1, -0.05) is 66.4 Å². The van der Waals surface area contributed by atoms with Crippen LogP contribution in [0.3, 0.4) is 0 Å². The van der Waals surface area contributed by atoms with Gasteiger partial charge in [0.2, 0.25) is 0 Å². The molecule has 0 aliphatic carbocycles. The Bertz CT molecular complexity index is 904. The zero-order valence-electron chi connectivity index (χ0n) is 17.1. The Kier molecular flexibility index (Phi) is 6.64. The minimum atomic E-state index is 0.284. The molecule has 1 unspecified atom stereocenters. The summed E-state index contributed by atoms with van der Waals surface area (Å²) in [6.07, 6.45) is 4.61. The molecule has 0 N–H and O–H groups in total. The Morgan fingerprint density at radius 2 is 1.79 bits per heavy atom. The summed E-state index contributed by atoms with van der Waals surface area (Å²) in [5.74, 6) is 1.01. The highest BCUT2D eigenvalue weighted by molar-refractivity contribution is 7.98. The SMILES string of the molecule is CSc1nnc(CN(C)Cc2ccc(-c3ccccc3)cc2)n1CC1CCCO1. The van der Waals surface area contributed by atoms with E-state index in [-0.39, 0.29) is 6.10 Å². The molecule has 1 aliphatic rings. The van der Waals surface area contributed by atoms with Crippen LogP contribution in [0, 0.1) is 0 Å². The number of hydrogen-bond donors (Lipinski definition) is 0. The second-order valence-corrected chi connectivity index (χ2v) is 8.36. The van der Waals surface area contributed by atoms with Gasteiger partial charge in [-0.15, -0.1) is 10.2 Å². The van der Waals surface area contributed by atoms with E-state index in [9.17, 15) is 0 Å². The van der Waals surface area contributed by atoms with Gasteiger partial charge in [-0.2, -0.15) is 0 Å². The molecule has 6 heteroatoms. The Balaban J connectivity index is 1.40. The van der Waals surface area contributed by atoms with Crippen molar-refractivity contribution < 1.29 is 4.74 Å². The Hall–Kier alpha value is -2.15. The summed E-state index contributed by atoms with van der Waals surface area (Å²) in [5, 5.41) is 9.80. The maximum absolute atomic E-state index is 5.83. The Labute approximate surface area is 177 Å². The van der Waals surface area contributed by atoms with E-state index in [1.807, 2.05) is 6.07 Å². The van der Waals surface area contributed by atoms with Gasteiger partial charge in [-0.05, 0) is 42.8 Å². The van der Waals surface area contributed by atoms with Gasteiger partial charge in [0.25, 0.3) is 0 Å². The molecule has 2 aromatic carbocycles. The minimum Gasteiger partial charge on any atom is -0.376 e. The van der Waals surface area contributed by atoms with Crippen LogP contribution in [0.5, 0.6) is 0 Å². The third-order valence-electron chi connectivity index (χ3n) is 5.31. The number of thioether (sulfide) groups is 1. The quantitative estimate of drug-likeness (QED) is 0.514. The predicted octanol–water partition coefficient (Wildman–Crippen LogP) is 4.48. The fourth-order valence-corrected chi connectivity index (χ4v) is 4.33. The number of hydrogen-bond acceptors (Lipinski definition) is 5. The van der Waals surface area contributed by atoms with E-state index in [2.05, 4.69) is 81.5 Å². The molecule has 0 saturated carbocycles. The second kappa shape index (κ2) is 9.57. The minimum absolute atomic E-state index is 0.284. The first-order valence-corrected chi connectivity index (χ1v) is 11.4. The standard InChI is InChI=1S/C23H28N4OS/c1-26(15-18-10-12-20(13-11-18)19-7-4-3-5-8-19)17-22-24-25-23(29-2)27(22)16-21-9-6-14-28-21/h3-5,7-8,10-13,21H,6,9,14-17H2,1-2H3. The van der Waals surface area contributed by atoms with Crippen molar-refractivity contribution in [3.63, 3.8) is 0 Å². The van der Waals surface area contributed by atoms with Crippen LogP contribution in [-0.4, -0.2) is 45.7 Å². The summed E-state index contributed by atoms with van der Waals surface area (Å²) in [5.41, 5.74) is 3.79. The van der Waals surface area contributed by atoms with Gasteiger partial charge >= 0.3 is 0 Å². The third-order valence-corrected chi connectivity index (χ3v) is 5.98. The van der Waals surface area contributed by atoms with Crippen molar-refractivity contribution in [3.05, 3.63) is 66.0 Å². The summed E-state index contributed by atoms with van der Waals surface area (Å²) >= 11 is 1.65. The van der Waals surface area contributed by atoms with E-state index >= 15 is 0 Å². The molecule has 0 amide bonds. The van der Waals surface area contributed by atoms with E-state index in [1.54, 1.807) is 11.8 Å². The highest BCUT2D eigenvalue weighted by atomic mass is 32.2. The first-order valence-electron chi connectivity index (χ1n) is 10.1. The molecule has 4 rings (SSSR count). The largest absolute Gasteiger partial charge is 0.376 e. The van der Waals surface area contributed by atoms with Crippen molar-refractivity contribution in [3.8, 4) is 11.1 Å². The highest BCUT2D eigenvalue weighted by Crippen LogP contribution is 2.22. The first-order chi connectivity index (χ1) is 14.2. The molecule has 3 aromatic rings. The number of aromatic nitrogens is 3. The van der Waals surface area contributed by atoms with Crippen molar-refractivity contribution in [2.75, 3.05) is 19.9 Å². The average molecular weight is 409 g/mol. The molecule has 2 heterocycles. The van der Waals surface area contributed by atoms with Crippen LogP contribution in [0.25, 0.3) is 11.1 Å². The van der Waals surface area contributed by atoms with Crippen molar-refractivity contribution >= 4 is 11.8 Å². The van der Waals surface area contributed by atoms with E-state index in [1.165, 1.54) is 16.7 Å². The summed E-state index contributed by atoms with van der Waals surface area (Å²) in [6.45, 7) is 3.35. The van der Waals surface area contributed by atoms with Crippen LogP contribution in [0.2, 0.25) is 0 Å². The zero-order valence-corrected chi connectivity index (χ0v) is 17.9. The van der Waals surface area contributed by atoms with Crippen LogP contribution >= 0.6 is 11.8 Å². The number of benzene rings is 2. The Morgan fingerprint density at radius 3 is 2.48 bits per heavy atom. The van der Waals surface area contributed by atoms with Gasteiger partial charge in [0.05, 0.1) is 19.2 Å². The summed E-state index contributed by atoms with van der Waals surface area (Å²) < 4.78 is 8.06. The molecule has 1 fully saturated rings. The van der Waals surface area contributed by atoms with Gasteiger partial charge in [-0.25, -0.2) is 0 Å². The van der Waals surface area contributed by atoms with Gasteiger partial charge in [0.15, 0.2) is 5.16 Å². The molecule has 0 spiro atoms. The third kappa shape index (κ3) is 5.07. The van der Waals surface area contributed by atoms with Crippen LogP contribution in [0.15, 0.2) is 59.8 Å². The molecular formula is C23H28N4OS. The highest BCUT2D eigenvalue weighted by Gasteiger charge is 2.21. The van der Waals surface area contributed by atoms with Crippen LogP contribution in [0.1, 0.15) is 24.2 Å². The molecule has 29 heavy (non-hydrogen) atoms. The van der Waals surface area contributed by atoms with Crippen LogP contribution in [-0.2, 0) is 24.4 Å². The predicted molar refractivity (Wildman–Crippen MR) is 118 cm³/mol. The van der Waals surface area contributed by atoms with E-state index in [0.29, 0.717) is 0 Å².